The third-order valence-corrected chi connectivity index (χ3v) is 10.4. The number of likely N-dealkylation sites (tertiary alicyclic amines) is 1. The quantitative estimate of drug-likeness (QED) is 0.113. The highest BCUT2D eigenvalue weighted by Gasteiger charge is 2.46. The third-order valence-electron chi connectivity index (χ3n) is 10.4. The number of rotatable bonds is 19. The van der Waals surface area contributed by atoms with Crippen LogP contribution in [0.2, 0.25) is 0 Å². The van der Waals surface area contributed by atoms with Crippen LogP contribution in [0.4, 0.5) is 0 Å². The summed E-state index contributed by atoms with van der Waals surface area (Å²) in [7, 11) is 0. The van der Waals surface area contributed by atoms with Crippen LogP contribution in [0.3, 0.4) is 0 Å². The summed E-state index contributed by atoms with van der Waals surface area (Å²) in [5.41, 5.74) is 6.42. The minimum Gasteiger partial charge on any atom is -0.481 e. The zero-order valence-corrected chi connectivity index (χ0v) is 34.3. The zero-order valence-electron chi connectivity index (χ0n) is 34.3. The van der Waals surface area contributed by atoms with E-state index < -0.39 is 89.6 Å². The molecule has 1 saturated carbocycles. The second-order valence-corrected chi connectivity index (χ2v) is 16.3. The van der Waals surface area contributed by atoms with Crippen molar-refractivity contribution in [3.05, 3.63) is 71.3 Å². The summed E-state index contributed by atoms with van der Waals surface area (Å²) in [4.78, 5) is 106. The van der Waals surface area contributed by atoms with Crippen LogP contribution in [0.15, 0.2) is 54.6 Å². The molecule has 5 atom stereocenters. The predicted octanol–water partition coefficient (Wildman–Crippen LogP) is 2.02. The van der Waals surface area contributed by atoms with Crippen molar-refractivity contribution >= 4 is 47.2 Å². The molecule has 1 heterocycles. The van der Waals surface area contributed by atoms with E-state index in [1.807, 2.05) is 20.8 Å². The molecule has 7 N–H and O–H groups in total. The summed E-state index contributed by atoms with van der Waals surface area (Å²) in [6.07, 6.45) is 3.83. The minimum atomic E-state index is -1.29. The van der Waals surface area contributed by atoms with Crippen molar-refractivity contribution in [3.8, 4) is 0 Å². The number of ketones is 1. The number of ether oxygens (including phenoxy) is 1. The van der Waals surface area contributed by atoms with Gasteiger partial charge in [-0.25, -0.2) is 0 Å². The number of amides is 6. The van der Waals surface area contributed by atoms with E-state index in [-0.39, 0.29) is 38.1 Å². The lowest BCUT2D eigenvalue weighted by atomic mass is 9.83. The Hall–Kier alpha value is -5.64. The van der Waals surface area contributed by atoms with E-state index in [4.69, 9.17) is 10.5 Å². The summed E-state index contributed by atoms with van der Waals surface area (Å²) in [6.45, 7) is 6.73. The maximum atomic E-state index is 14.7. The Morgan fingerprint density at radius 3 is 2.14 bits per heavy atom. The molecule has 320 valence electrons. The first kappa shape index (κ1) is 46.1. The lowest BCUT2D eigenvalue weighted by molar-refractivity contribution is -0.144. The monoisotopic (exact) mass is 818 g/mol. The molecule has 2 aromatic carbocycles. The normalized spacial score (nSPS) is 18.5. The molecule has 0 aromatic heterocycles. The van der Waals surface area contributed by atoms with Crippen LogP contribution in [0.25, 0.3) is 0 Å². The lowest BCUT2D eigenvalue weighted by Crippen LogP contribution is -2.58. The van der Waals surface area contributed by atoms with Crippen LogP contribution >= 0.6 is 0 Å². The summed E-state index contributed by atoms with van der Waals surface area (Å²) < 4.78 is 6.25. The first-order valence-corrected chi connectivity index (χ1v) is 20.3. The summed E-state index contributed by atoms with van der Waals surface area (Å²) in [6, 6.07) is 10.5. The van der Waals surface area contributed by atoms with Gasteiger partial charge in [0.2, 0.25) is 35.3 Å². The van der Waals surface area contributed by atoms with Gasteiger partial charge >= 0.3 is 5.97 Å². The van der Waals surface area contributed by atoms with E-state index in [9.17, 15) is 43.5 Å². The minimum absolute atomic E-state index is 0.0434. The van der Waals surface area contributed by atoms with Gasteiger partial charge in [0.15, 0.2) is 0 Å². The molecule has 2 aromatic rings. The second kappa shape index (κ2) is 21.4. The first-order chi connectivity index (χ1) is 27.9. The Labute approximate surface area is 344 Å². The van der Waals surface area contributed by atoms with E-state index in [1.165, 1.54) is 4.90 Å². The summed E-state index contributed by atoms with van der Waals surface area (Å²) >= 11 is 0. The standard InChI is InChI=1S/C43H58N6O10/c1-5-13-31(38(54)41(57)45-24-34(51)48-36(39(44)55)28-16-8-6-9-17-28)46-40(56)32-23-30(59-43(2,3)4)25-49(32)42(58)37(29-18-10-7-11-19-29)47-33(50)21-26-14-12-15-27(20-26)22-35(52)53/h6,8-9,12,14-17,20,29-32,36-37H,5,7,10-11,13,18-19,21-25H2,1-4H3,(H2,44,55)(H,45,57)(H,46,56)(H,47,50)(H,48,51)(H,52,53)/t30-,31?,32+,36+,37+/m1/s1. The highest BCUT2D eigenvalue weighted by Crippen LogP contribution is 2.31. The molecule has 6 amide bonds. The Bertz CT molecular complexity index is 1840. The molecule has 2 aliphatic rings. The number of carbonyl (C=O) groups is 8. The summed E-state index contributed by atoms with van der Waals surface area (Å²) in [5, 5.41) is 19.6. The van der Waals surface area contributed by atoms with Gasteiger partial charge in [0, 0.05) is 13.0 Å². The topological polar surface area (TPSA) is 243 Å². The van der Waals surface area contributed by atoms with Gasteiger partial charge in [-0.05, 0) is 62.6 Å². The molecule has 1 saturated heterocycles. The number of primary amides is 1. The number of hydrogen-bond donors (Lipinski definition) is 6. The van der Waals surface area contributed by atoms with Gasteiger partial charge in [0.1, 0.15) is 18.1 Å². The van der Waals surface area contributed by atoms with Gasteiger partial charge in [-0.15, -0.1) is 0 Å². The van der Waals surface area contributed by atoms with Crippen LogP contribution < -0.4 is 27.0 Å². The molecule has 16 heteroatoms. The van der Waals surface area contributed by atoms with Crippen molar-refractivity contribution in [2.45, 2.75) is 128 Å². The maximum Gasteiger partial charge on any atom is 0.307 e. The van der Waals surface area contributed by atoms with Crippen molar-refractivity contribution in [1.29, 1.82) is 0 Å². The number of nitrogens with zero attached hydrogens (tertiary/aromatic N) is 1. The average Bonchev–Trinajstić information content (AvgIpc) is 3.60. The molecule has 59 heavy (non-hydrogen) atoms. The number of carboxylic acid groups (broad SMARTS) is 1. The molecule has 0 spiro atoms. The van der Waals surface area contributed by atoms with E-state index in [0.29, 0.717) is 36.0 Å². The summed E-state index contributed by atoms with van der Waals surface area (Å²) in [5.74, 6) is -6.48. The van der Waals surface area contributed by atoms with Crippen LogP contribution in [-0.2, 0) is 55.9 Å². The zero-order chi connectivity index (χ0) is 43.3. The fourth-order valence-corrected chi connectivity index (χ4v) is 7.74. The largest absolute Gasteiger partial charge is 0.481 e. The number of hydrogen-bond acceptors (Lipinski definition) is 9. The molecule has 0 bridgehead atoms. The lowest BCUT2D eigenvalue weighted by Gasteiger charge is -2.35. The van der Waals surface area contributed by atoms with Crippen molar-refractivity contribution in [3.63, 3.8) is 0 Å². The Morgan fingerprint density at radius 2 is 1.53 bits per heavy atom. The predicted molar refractivity (Wildman–Crippen MR) is 216 cm³/mol. The van der Waals surface area contributed by atoms with Crippen LogP contribution in [-0.4, -0.2) is 100 Å². The fourth-order valence-electron chi connectivity index (χ4n) is 7.74. The molecule has 1 unspecified atom stereocenters. The van der Waals surface area contributed by atoms with E-state index in [1.54, 1.807) is 61.5 Å². The van der Waals surface area contributed by atoms with Crippen molar-refractivity contribution < 1.29 is 48.2 Å². The SMILES string of the molecule is CCCC(NC(=O)[C@@H]1C[C@@H](OC(C)(C)C)CN1C(=O)[C@@H](NC(=O)Cc1cccc(CC(=O)O)c1)C1CCCCC1)C(=O)C(=O)NCC(=O)N[C@H](C(N)=O)c1ccccc1. The molecule has 0 radical (unpaired) electrons. The number of carbonyl (C=O) groups excluding carboxylic acids is 7. The molecule has 2 fully saturated rings. The number of Topliss-reactive ketones (excluding diaryl/α,β-unsaturated/α-hetero) is 1. The Balaban J connectivity index is 1.49. The number of nitrogens with one attached hydrogen (secondary N) is 4. The van der Waals surface area contributed by atoms with Crippen LogP contribution in [0.5, 0.6) is 0 Å². The molecular formula is C43H58N6O10. The second-order valence-electron chi connectivity index (χ2n) is 16.3. The Kier molecular flexibility index (Phi) is 16.7. The first-order valence-electron chi connectivity index (χ1n) is 20.3. The van der Waals surface area contributed by atoms with E-state index in [2.05, 4.69) is 21.3 Å². The van der Waals surface area contributed by atoms with Gasteiger partial charge in [-0.2, -0.15) is 0 Å². The smallest absolute Gasteiger partial charge is 0.307 e. The molecule has 1 aliphatic carbocycles. The van der Waals surface area contributed by atoms with Gasteiger partial charge in [-0.1, -0.05) is 87.2 Å². The number of carboxylic acids is 1. The number of aliphatic carboxylic acids is 1. The van der Waals surface area contributed by atoms with E-state index in [0.717, 1.165) is 19.3 Å². The van der Waals surface area contributed by atoms with Gasteiger partial charge < -0.3 is 41.7 Å². The van der Waals surface area contributed by atoms with Crippen LogP contribution in [0.1, 0.15) is 102 Å². The van der Waals surface area contributed by atoms with Crippen molar-refractivity contribution in [1.82, 2.24) is 26.2 Å². The van der Waals surface area contributed by atoms with Gasteiger partial charge in [0.05, 0.1) is 37.1 Å². The molecule has 4 rings (SSSR count). The van der Waals surface area contributed by atoms with Crippen LogP contribution in [0, 0.1) is 5.92 Å². The number of benzene rings is 2. The highest BCUT2D eigenvalue weighted by molar-refractivity contribution is 6.38. The van der Waals surface area contributed by atoms with Crippen molar-refractivity contribution in [2.75, 3.05) is 13.1 Å². The van der Waals surface area contributed by atoms with Crippen molar-refractivity contribution in [2.24, 2.45) is 11.7 Å². The average molecular weight is 819 g/mol. The third kappa shape index (κ3) is 14.0. The molecule has 16 nitrogen and oxygen atoms in total. The molecular weight excluding hydrogens is 761 g/mol. The highest BCUT2D eigenvalue weighted by atomic mass is 16.5. The molecule has 1 aliphatic heterocycles. The number of nitrogens with two attached hydrogens (primary N) is 1. The van der Waals surface area contributed by atoms with Gasteiger partial charge in [0.25, 0.3) is 5.91 Å². The maximum absolute atomic E-state index is 14.7. The van der Waals surface area contributed by atoms with E-state index >= 15 is 0 Å². The Morgan fingerprint density at radius 1 is 0.864 bits per heavy atom. The van der Waals surface area contributed by atoms with Gasteiger partial charge in [-0.3, -0.25) is 38.4 Å². The fraction of sp³-hybridized carbons (Fsp3) is 0.535.